The Hall–Kier alpha value is -2.10. The SMILES string of the molecule is COC(=O)C1CCCN1C(=O)C1CCC(NC(=O)CSc2n[nH]c(C)n2)CC1. The molecular weight excluding hydrogens is 382 g/mol. The molecule has 1 unspecified atom stereocenters. The second-order valence-electron chi connectivity index (χ2n) is 7.32. The number of methoxy groups -OCH3 is 1. The Balaban J connectivity index is 1.42. The number of aryl methyl sites for hydroxylation is 1. The molecule has 0 spiro atoms. The van der Waals surface area contributed by atoms with Crippen LogP contribution in [-0.4, -0.2) is 69.4 Å². The van der Waals surface area contributed by atoms with Crippen LogP contribution in [0.2, 0.25) is 0 Å². The fraction of sp³-hybridized carbons (Fsp3) is 0.722. The van der Waals surface area contributed by atoms with Crippen molar-refractivity contribution in [2.24, 2.45) is 5.92 Å². The summed E-state index contributed by atoms with van der Waals surface area (Å²) < 4.78 is 4.83. The fourth-order valence-electron chi connectivity index (χ4n) is 3.92. The van der Waals surface area contributed by atoms with Crippen LogP contribution in [0.5, 0.6) is 0 Å². The molecule has 1 aliphatic carbocycles. The zero-order valence-corrected chi connectivity index (χ0v) is 17.1. The lowest BCUT2D eigenvalue weighted by Crippen LogP contribution is -2.46. The molecule has 9 nitrogen and oxygen atoms in total. The van der Waals surface area contributed by atoms with Gasteiger partial charge in [0.15, 0.2) is 0 Å². The molecular formula is C18H27N5O4S. The molecule has 1 saturated heterocycles. The third kappa shape index (κ3) is 5.03. The smallest absolute Gasteiger partial charge is 0.328 e. The second-order valence-corrected chi connectivity index (χ2v) is 8.26. The van der Waals surface area contributed by atoms with Gasteiger partial charge in [0, 0.05) is 18.5 Å². The van der Waals surface area contributed by atoms with E-state index in [4.69, 9.17) is 4.74 Å². The third-order valence-corrected chi connectivity index (χ3v) is 6.21. The van der Waals surface area contributed by atoms with Crippen LogP contribution < -0.4 is 5.32 Å². The van der Waals surface area contributed by atoms with E-state index in [1.807, 2.05) is 6.92 Å². The average Bonchev–Trinajstić information content (AvgIpc) is 3.35. The monoisotopic (exact) mass is 409 g/mol. The molecule has 0 bridgehead atoms. The number of hydrogen-bond donors (Lipinski definition) is 2. The van der Waals surface area contributed by atoms with Crippen LogP contribution in [0.1, 0.15) is 44.3 Å². The predicted octanol–water partition coefficient (Wildman–Crippen LogP) is 1.04. The first kappa shape index (κ1) is 20.6. The van der Waals surface area contributed by atoms with Gasteiger partial charge in [-0.3, -0.25) is 14.7 Å². The van der Waals surface area contributed by atoms with Crippen molar-refractivity contribution in [3.8, 4) is 0 Å². The Kier molecular flexibility index (Phi) is 6.93. The first-order valence-electron chi connectivity index (χ1n) is 9.67. The van der Waals surface area contributed by atoms with Gasteiger partial charge in [-0.2, -0.15) is 0 Å². The zero-order chi connectivity index (χ0) is 20.1. The summed E-state index contributed by atoms with van der Waals surface area (Å²) in [7, 11) is 1.36. The average molecular weight is 410 g/mol. The largest absolute Gasteiger partial charge is 0.467 e. The molecule has 1 saturated carbocycles. The lowest BCUT2D eigenvalue weighted by atomic mass is 9.85. The second kappa shape index (κ2) is 9.40. The van der Waals surface area contributed by atoms with Crippen molar-refractivity contribution in [2.45, 2.75) is 62.7 Å². The summed E-state index contributed by atoms with van der Waals surface area (Å²) in [6, 6.07) is -0.354. The molecule has 0 radical (unpaired) electrons. The first-order valence-corrected chi connectivity index (χ1v) is 10.7. The zero-order valence-electron chi connectivity index (χ0n) is 16.3. The number of ether oxygens (including phenoxy) is 1. The summed E-state index contributed by atoms with van der Waals surface area (Å²) in [6.45, 7) is 2.43. The van der Waals surface area contributed by atoms with Crippen molar-refractivity contribution in [1.29, 1.82) is 0 Å². The highest BCUT2D eigenvalue weighted by Crippen LogP contribution is 2.29. The number of aromatic amines is 1. The molecule has 1 aromatic rings. The van der Waals surface area contributed by atoms with Crippen LogP contribution in [-0.2, 0) is 19.1 Å². The number of rotatable bonds is 6. The standard InChI is InChI=1S/C18H27N5O4S/c1-11-19-18(22-21-11)28-10-15(24)20-13-7-5-12(6-8-13)16(25)23-9-3-4-14(23)17(26)27-2/h12-14H,3-10H2,1-2H3,(H,20,24)(H,19,21,22). The fourth-order valence-corrected chi connectivity index (χ4v) is 4.57. The lowest BCUT2D eigenvalue weighted by molar-refractivity contribution is -0.152. The molecule has 2 N–H and O–H groups in total. The number of esters is 1. The number of carbonyl (C=O) groups is 3. The molecule has 2 aliphatic rings. The molecule has 2 amide bonds. The molecule has 1 aromatic heterocycles. The minimum absolute atomic E-state index is 0.0486. The van der Waals surface area contributed by atoms with Gasteiger partial charge in [0.1, 0.15) is 11.9 Å². The molecule has 154 valence electrons. The van der Waals surface area contributed by atoms with Crippen molar-refractivity contribution in [3.05, 3.63) is 5.82 Å². The van der Waals surface area contributed by atoms with Crippen molar-refractivity contribution in [3.63, 3.8) is 0 Å². The first-order chi connectivity index (χ1) is 13.5. The van der Waals surface area contributed by atoms with Crippen LogP contribution in [0.15, 0.2) is 5.16 Å². The molecule has 1 atom stereocenters. The Morgan fingerprint density at radius 2 is 2.00 bits per heavy atom. The molecule has 2 fully saturated rings. The number of thioether (sulfide) groups is 1. The minimum Gasteiger partial charge on any atom is -0.467 e. The number of hydrogen-bond acceptors (Lipinski definition) is 7. The summed E-state index contributed by atoms with van der Waals surface area (Å²) in [5, 5.41) is 10.3. The molecule has 3 rings (SSSR count). The van der Waals surface area contributed by atoms with Gasteiger partial charge in [0.05, 0.1) is 12.9 Å². The van der Waals surface area contributed by atoms with E-state index in [1.54, 1.807) is 4.90 Å². The van der Waals surface area contributed by atoms with Crippen molar-refractivity contribution in [1.82, 2.24) is 25.4 Å². The van der Waals surface area contributed by atoms with Gasteiger partial charge in [-0.05, 0) is 45.4 Å². The number of nitrogens with zero attached hydrogens (tertiary/aromatic N) is 3. The van der Waals surface area contributed by atoms with Crippen LogP contribution in [0.3, 0.4) is 0 Å². The van der Waals surface area contributed by atoms with E-state index in [0.717, 1.165) is 37.9 Å². The van der Waals surface area contributed by atoms with Crippen molar-refractivity contribution in [2.75, 3.05) is 19.4 Å². The predicted molar refractivity (Wildman–Crippen MR) is 102 cm³/mol. The Bertz CT molecular complexity index is 717. The maximum absolute atomic E-state index is 12.8. The van der Waals surface area contributed by atoms with Gasteiger partial charge in [-0.15, -0.1) is 5.10 Å². The number of amides is 2. The maximum atomic E-state index is 12.8. The third-order valence-electron chi connectivity index (χ3n) is 5.36. The summed E-state index contributed by atoms with van der Waals surface area (Å²) >= 11 is 1.30. The highest BCUT2D eigenvalue weighted by molar-refractivity contribution is 7.99. The Morgan fingerprint density at radius 1 is 1.25 bits per heavy atom. The van der Waals surface area contributed by atoms with Crippen molar-refractivity contribution < 1.29 is 19.1 Å². The number of nitrogens with one attached hydrogen (secondary N) is 2. The summed E-state index contributed by atoms with van der Waals surface area (Å²) in [5.74, 6) is 0.582. The summed E-state index contributed by atoms with van der Waals surface area (Å²) in [6.07, 6.45) is 4.49. The molecule has 1 aliphatic heterocycles. The lowest BCUT2D eigenvalue weighted by Gasteiger charge is -2.32. The van der Waals surface area contributed by atoms with Gasteiger partial charge in [0.25, 0.3) is 0 Å². The topological polar surface area (TPSA) is 117 Å². The van der Waals surface area contributed by atoms with Gasteiger partial charge in [0.2, 0.25) is 17.0 Å². The highest BCUT2D eigenvalue weighted by atomic mass is 32.2. The number of carbonyl (C=O) groups excluding carboxylic acids is 3. The molecule has 10 heteroatoms. The van der Waals surface area contributed by atoms with E-state index in [2.05, 4.69) is 20.5 Å². The summed E-state index contributed by atoms with van der Waals surface area (Å²) in [5.41, 5.74) is 0. The van der Waals surface area contributed by atoms with Gasteiger partial charge < -0.3 is 15.0 Å². The minimum atomic E-state index is -0.439. The van der Waals surface area contributed by atoms with Crippen molar-refractivity contribution >= 4 is 29.5 Å². The summed E-state index contributed by atoms with van der Waals surface area (Å²) in [4.78, 5) is 42.7. The van der Waals surface area contributed by atoms with Crippen LogP contribution in [0.4, 0.5) is 0 Å². The number of H-pyrrole nitrogens is 1. The van der Waals surface area contributed by atoms with Crippen LogP contribution in [0.25, 0.3) is 0 Å². The van der Waals surface area contributed by atoms with E-state index < -0.39 is 6.04 Å². The highest BCUT2D eigenvalue weighted by Gasteiger charge is 2.38. The van der Waals surface area contributed by atoms with E-state index >= 15 is 0 Å². The van der Waals surface area contributed by atoms with E-state index in [9.17, 15) is 14.4 Å². The van der Waals surface area contributed by atoms with Crippen LogP contribution >= 0.6 is 11.8 Å². The molecule has 28 heavy (non-hydrogen) atoms. The normalized spacial score (nSPS) is 24.8. The van der Waals surface area contributed by atoms with Gasteiger partial charge >= 0.3 is 5.97 Å². The molecule has 2 heterocycles. The molecule has 0 aromatic carbocycles. The van der Waals surface area contributed by atoms with E-state index in [0.29, 0.717) is 18.1 Å². The number of aromatic nitrogens is 3. The van der Waals surface area contributed by atoms with Crippen LogP contribution in [0, 0.1) is 12.8 Å². The Labute approximate surface area is 168 Å². The maximum Gasteiger partial charge on any atom is 0.328 e. The quantitative estimate of drug-likeness (QED) is 0.532. The van der Waals surface area contributed by atoms with Gasteiger partial charge in [-0.1, -0.05) is 11.8 Å². The van der Waals surface area contributed by atoms with Gasteiger partial charge in [-0.25, -0.2) is 9.78 Å². The van der Waals surface area contributed by atoms with E-state index in [-0.39, 0.29) is 35.5 Å². The van der Waals surface area contributed by atoms with E-state index in [1.165, 1.54) is 18.9 Å². The Morgan fingerprint density at radius 3 is 2.64 bits per heavy atom. The number of likely N-dealkylation sites (tertiary alicyclic amines) is 1.